The van der Waals surface area contributed by atoms with E-state index in [1.165, 1.54) is 4.90 Å². The molecule has 1 saturated heterocycles. The van der Waals surface area contributed by atoms with Gasteiger partial charge in [0.25, 0.3) is 5.91 Å². The maximum absolute atomic E-state index is 12.9. The van der Waals surface area contributed by atoms with E-state index in [9.17, 15) is 9.59 Å². The molecule has 26 heavy (non-hydrogen) atoms. The van der Waals surface area contributed by atoms with Gasteiger partial charge < -0.3 is 15.0 Å². The first-order valence-electron chi connectivity index (χ1n) is 8.69. The fourth-order valence-corrected chi connectivity index (χ4v) is 3.41. The van der Waals surface area contributed by atoms with E-state index in [0.29, 0.717) is 30.0 Å². The van der Waals surface area contributed by atoms with Crippen LogP contribution in [0.1, 0.15) is 22.8 Å². The second-order valence-corrected chi connectivity index (χ2v) is 7.28. The minimum absolute atomic E-state index is 0.0914. The maximum Gasteiger partial charge on any atom is 0.282 e. The third kappa shape index (κ3) is 4.38. The van der Waals surface area contributed by atoms with Gasteiger partial charge in [0, 0.05) is 15.6 Å². The number of carbonyl (C=O) groups excluding carboxylic acids is 2. The Morgan fingerprint density at radius 2 is 1.81 bits per heavy atom. The van der Waals surface area contributed by atoms with E-state index in [1.54, 1.807) is 24.3 Å². The monoisotopic (exact) mass is 417 g/mol. The minimum Gasteiger partial charge on any atom is -0.370 e. The Kier molecular flexibility index (Phi) is 6.19. The number of hydrogen-bond donors (Lipinski definition) is 2. The molecule has 136 valence electrons. The number of benzene rings is 2. The summed E-state index contributed by atoms with van der Waals surface area (Å²) in [4.78, 5) is 26.8. The minimum atomic E-state index is -0.206. The van der Waals surface area contributed by atoms with Crippen LogP contribution in [-0.4, -0.2) is 44.0 Å². The van der Waals surface area contributed by atoms with E-state index in [0.717, 1.165) is 17.6 Å². The summed E-state index contributed by atoms with van der Waals surface area (Å²) < 4.78 is 6.15. The molecule has 3 rings (SSSR count). The van der Waals surface area contributed by atoms with Crippen molar-refractivity contribution in [2.24, 2.45) is 0 Å². The van der Waals surface area contributed by atoms with Gasteiger partial charge in [0.15, 0.2) is 11.8 Å². The van der Waals surface area contributed by atoms with Crippen molar-refractivity contribution in [3.8, 4) is 0 Å². The van der Waals surface area contributed by atoms with Crippen molar-refractivity contribution in [1.29, 1.82) is 0 Å². The van der Waals surface area contributed by atoms with Crippen molar-refractivity contribution in [1.82, 2.24) is 0 Å². The summed E-state index contributed by atoms with van der Waals surface area (Å²) in [5.41, 5.74) is 1.60. The lowest BCUT2D eigenvalue weighted by Crippen LogP contribution is -3.18. The van der Waals surface area contributed by atoms with Crippen molar-refractivity contribution in [3.63, 3.8) is 0 Å². The van der Waals surface area contributed by atoms with Gasteiger partial charge in [0.05, 0.1) is 18.9 Å². The topological polar surface area (TPSA) is 59.8 Å². The number of anilines is 1. The molecular weight excluding hydrogens is 396 g/mol. The van der Waals surface area contributed by atoms with Crippen LogP contribution in [0.25, 0.3) is 0 Å². The van der Waals surface area contributed by atoms with Gasteiger partial charge in [0.2, 0.25) is 0 Å². The van der Waals surface area contributed by atoms with E-state index < -0.39 is 0 Å². The van der Waals surface area contributed by atoms with Gasteiger partial charge in [-0.15, -0.1) is 0 Å². The molecule has 1 aliphatic rings. The Balaban J connectivity index is 1.81. The second-order valence-electron chi connectivity index (χ2n) is 6.37. The lowest BCUT2D eigenvalue weighted by molar-refractivity contribution is -0.921. The lowest BCUT2D eigenvalue weighted by atomic mass is 10.0. The van der Waals surface area contributed by atoms with Gasteiger partial charge in [-0.1, -0.05) is 46.3 Å². The molecule has 0 bridgehead atoms. The van der Waals surface area contributed by atoms with Gasteiger partial charge in [-0.2, -0.15) is 0 Å². The Morgan fingerprint density at radius 1 is 1.12 bits per heavy atom. The van der Waals surface area contributed by atoms with Crippen LogP contribution in [0.3, 0.4) is 0 Å². The first kappa shape index (κ1) is 18.8. The summed E-state index contributed by atoms with van der Waals surface area (Å²) in [7, 11) is 0. The van der Waals surface area contributed by atoms with Crippen LogP contribution >= 0.6 is 15.9 Å². The summed E-state index contributed by atoms with van der Waals surface area (Å²) in [6, 6.07) is 14.2. The normalized spacial score (nSPS) is 16.1. The number of halogens is 1. The van der Waals surface area contributed by atoms with E-state index in [1.807, 2.05) is 31.2 Å². The molecule has 1 aliphatic heterocycles. The molecule has 0 spiro atoms. The van der Waals surface area contributed by atoms with Crippen LogP contribution in [0.5, 0.6) is 0 Å². The number of morpholine rings is 1. The summed E-state index contributed by atoms with van der Waals surface area (Å²) in [5.74, 6) is -0.208. The molecule has 0 unspecified atom stereocenters. The fraction of sp³-hybridized carbons (Fsp3) is 0.300. The third-order valence-electron chi connectivity index (χ3n) is 4.66. The highest BCUT2D eigenvalue weighted by molar-refractivity contribution is 9.10. The quantitative estimate of drug-likeness (QED) is 0.730. The number of rotatable bonds is 5. The van der Waals surface area contributed by atoms with Crippen LogP contribution in [0.15, 0.2) is 53.0 Å². The first-order valence-corrected chi connectivity index (χ1v) is 9.48. The van der Waals surface area contributed by atoms with Gasteiger partial charge in [-0.25, -0.2) is 0 Å². The number of ketones is 1. The van der Waals surface area contributed by atoms with E-state index in [4.69, 9.17) is 4.74 Å². The number of quaternary nitrogens is 1. The molecule has 0 radical (unpaired) electrons. The number of hydrogen-bond acceptors (Lipinski definition) is 3. The zero-order valence-electron chi connectivity index (χ0n) is 14.6. The SMILES string of the molecule is C[C@H](C(=O)Nc1ccc(Br)cc1C(=O)c1ccccc1)[NH+]1CCOCC1. The largest absolute Gasteiger partial charge is 0.370 e. The molecule has 2 aromatic rings. The molecule has 5 nitrogen and oxygen atoms in total. The van der Waals surface area contributed by atoms with Crippen LogP contribution in [0, 0.1) is 0 Å². The Hall–Kier alpha value is -2.02. The summed E-state index contributed by atoms with van der Waals surface area (Å²) in [6.45, 7) is 4.87. The molecule has 1 fully saturated rings. The molecule has 0 aromatic heterocycles. The highest BCUT2D eigenvalue weighted by Crippen LogP contribution is 2.24. The Labute approximate surface area is 161 Å². The molecule has 1 atom stereocenters. The highest BCUT2D eigenvalue weighted by Gasteiger charge is 2.28. The summed E-state index contributed by atoms with van der Waals surface area (Å²) in [6.07, 6.45) is 0. The molecule has 0 aliphatic carbocycles. The number of ether oxygens (including phenoxy) is 1. The Bertz CT molecular complexity index is 789. The van der Waals surface area contributed by atoms with Gasteiger partial charge in [0.1, 0.15) is 13.1 Å². The number of nitrogens with one attached hydrogen (secondary N) is 2. The van der Waals surface area contributed by atoms with Crippen molar-refractivity contribution in [2.75, 3.05) is 31.6 Å². The van der Waals surface area contributed by atoms with Crippen LogP contribution < -0.4 is 10.2 Å². The van der Waals surface area contributed by atoms with Gasteiger partial charge in [-0.05, 0) is 25.1 Å². The average Bonchev–Trinajstić information content (AvgIpc) is 2.69. The zero-order chi connectivity index (χ0) is 18.5. The molecule has 2 N–H and O–H groups in total. The zero-order valence-corrected chi connectivity index (χ0v) is 16.2. The predicted octanol–water partition coefficient (Wildman–Crippen LogP) is 1.92. The molecule has 2 aromatic carbocycles. The molecule has 1 amide bonds. The molecule has 1 heterocycles. The number of carbonyl (C=O) groups is 2. The highest BCUT2D eigenvalue weighted by atomic mass is 79.9. The first-order chi connectivity index (χ1) is 12.6. The number of amides is 1. The summed E-state index contributed by atoms with van der Waals surface area (Å²) in [5, 5.41) is 2.94. The molecule has 6 heteroatoms. The lowest BCUT2D eigenvalue weighted by Gasteiger charge is -2.28. The predicted molar refractivity (Wildman–Crippen MR) is 104 cm³/mol. The average molecular weight is 418 g/mol. The summed E-state index contributed by atoms with van der Waals surface area (Å²) >= 11 is 3.41. The van der Waals surface area contributed by atoms with E-state index >= 15 is 0 Å². The fourth-order valence-electron chi connectivity index (χ4n) is 3.05. The molecule has 0 saturated carbocycles. The van der Waals surface area contributed by atoms with Crippen LogP contribution in [-0.2, 0) is 9.53 Å². The van der Waals surface area contributed by atoms with E-state index in [-0.39, 0.29) is 17.7 Å². The van der Waals surface area contributed by atoms with Crippen LogP contribution in [0.4, 0.5) is 5.69 Å². The molecular formula is C20H22BrN2O3+. The van der Waals surface area contributed by atoms with Crippen molar-refractivity contribution < 1.29 is 19.2 Å². The van der Waals surface area contributed by atoms with Crippen LogP contribution in [0.2, 0.25) is 0 Å². The third-order valence-corrected chi connectivity index (χ3v) is 5.15. The van der Waals surface area contributed by atoms with Gasteiger partial charge in [-0.3, -0.25) is 9.59 Å². The smallest absolute Gasteiger partial charge is 0.282 e. The van der Waals surface area contributed by atoms with Crippen molar-refractivity contribution in [3.05, 3.63) is 64.1 Å². The maximum atomic E-state index is 12.9. The standard InChI is InChI=1S/C20H21BrN2O3/c1-14(23-9-11-26-12-10-23)20(25)22-18-8-7-16(21)13-17(18)19(24)15-5-3-2-4-6-15/h2-8,13-14H,9-12H2,1H3,(H,22,25)/p+1/t14-/m1/s1. The Morgan fingerprint density at radius 3 is 2.50 bits per heavy atom. The van der Waals surface area contributed by atoms with Gasteiger partial charge >= 0.3 is 0 Å². The second kappa shape index (κ2) is 8.58. The van der Waals surface area contributed by atoms with E-state index in [2.05, 4.69) is 21.2 Å². The van der Waals surface area contributed by atoms with Crippen molar-refractivity contribution >= 4 is 33.3 Å². The van der Waals surface area contributed by atoms with Crippen molar-refractivity contribution in [2.45, 2.75) is 13.0 Å².